The first-order chi connectivity index (χ1) is 7.86. The Morgan fingerprint density at radius 2 is 2.00 bits per heavy atom. The molecule has 88 valence electrons. The first-order valence-electron chi connectivity index (χ1n) is 6.51. The molecular weight excluding hydrogens is 196 g/mol. The normalized spacial score (nSPS) is 18.1. The van der Waals surface area contributed by atoms with Gasteiger partial charge in [0.05, 0.1) is 11.9 Å². The van der Waals surface area contributed by atoms with Crippen molar-refractivity contribution in [1.82, 2.24) is 4.98 Å². The quantitative estimate of drug-likeness (QED) is 0.781. The van der Waals surface area contributed by atoms with Crippen molar-refractivity contribution >= 4 is 5.69 Å². The van der Waals surface area contributed by atoms with E-state index >= 15 is 0 Å². The molecule has 2 nitrogen and oxygen atoms in total. The average Bonchev–Trinajstić information content (AvgIpc) is 2.56. The van der Waals surface area contributed by atoms with Crippen molar-refractivity contribution in [3.8, 4) is 0 Å². The van der Waals surface area contributed by atoms with Gasteiger partial charge in [0.25, 0.3) is 0 Å². The number of nitrogens with one attached hydrogen (secondary N) is 1. The Morgan fingerprint density at radius 1 is 1.25 bits per heavy atom. The average molecular weight is 218 g/mol. The number of anilines is 1. The van der Waals surface area contributed by atoms with Gasteiger partial charge in [-0.25, -0.2) is 0 Å². The van der Waals surface area contributed by atoms with Gasteiger partial charge in [0, 0.05) is 12.7 Å². The van der Waals surface area contributed by atoms with Crippen molar-refractivity contribution in [3.05, 3.63) is 24.0 Å². The van der Waals surface area contributed by atoms with Crippen LogP contribution in [0, 0.1) is 12.8 Å². The number of rotatable bonds is 3. The summed E-state index contributed by atoms with van der Waals surface area (Å²) in [6.45, 7) is 3.25. The highest BCUT2D eigenvalue weighted by atomic mass is 14.9. The van der Waals surface area contributed by atoms with E-state index in [9.17, 15) is 0 Å². The molecule has 0 aromatic carbocycles. The third kappa shape index (κ3) is 3.22. The van der Waals surface area contributed by atoms with Crippen molar-refractivity contribution in [2.75, 3.05) is 11.9 Å². The Balaban J connectivity index is 1.84. The van der Waals surface area contributed by atoms with Crippen molar-refractivity contribution < 1.29 is 0 Å². The number of hydrogen-bond acceptors (Lipinski definition) is 2. The SMILES string of the molecule is Cc1ccncc1NCC1CCCCCC1. The van der Waals surface area contributed by atoms with Crippen molar-refractivity contribution in [2.45, 2.75) is 45.4 Å². The standard InChI is InChI=1S/C14H22N2/c1-12-8-9-15-11-14(12)16-10-13-6-4-2-3-5-7-13/h8-9,11,13,16H,2-7,10H2,1H3. The van der Waals surface area contributed by atoms with Crippen LogP contribution in [0.3, 0.4) is 0 Å². The summed E-state index contributed by atoms with van der Waals surface area (Å²) in [5.74, 6) is 0.863. The van der Waals surface area contributed by atoms with Gasteiger partial charge in [-0.15, -0.1) is 0 Å². The number of nitrogens with zero attached hydrogens (tertiary/aromatic N) is 1. The van der Waals surface area contributed by atoms with Gasteiger partial charge in [-0.1, -0.05) is 25.7 Å². The molecule has 16 heavy (non-hydrogen) atoms. The van der Waals surface area contributed by atoms with Crippen LogP contribution in [-0.4, -0.2) is 11.5 Å². The minimum atomic E-state index is 0.863. The number of pyridine rings is 1. The lowest BCUT2D eigenvalue weighted by Gasteiger charge is -2.16. The second-order valence-electron chi connectivity index (χ2n) is 4.93. The molecule has 2 heteroatoms. The molecular formula is C14H22N2. The Hall–Kier alpha value is -1.05. The zero-order valence-corrected chi connectivity index (χ0v) is 10.2. The lowest BCUT2D eigenvalue weighted by molar-refractivity contribution is 0.483. The second-order valence-corrected chi connectivity index (χ2v) is 4.93. The van der Waals surface area contributed by atoms with Gasteiger partial charge in [0.1, 0.15) is 0 Å². The van der Waals surface area contributed by atoms with Crippen LogP contribution in [0.2, 0.25) is 0 Å². The minimum Gasteiger partial charge on any atom is -0.383 e. The van der Waals surface area contributed by atoms with Gasteiger partial charge < -0.3 is 5.32 Å². The maximum absolute atomic E-state index is 4.17. The van der Waals surface area contributed by atoms with Gasteiger partial charge in [-0.05, 0) is 37.3 Å². The van der Waals surface area contributed by atoms with E-state index in [1.807, 2.05) is 12.4 Å². The molecule has 1 heterocycles. The predicted octanol–water partition coefficient (Wildman–Crippen LogP) is 3.77. The highest BCUT2D eigenvalue weighted by molar-refractivity contribution is 5.47. The molecule has 1 aliphatic carbocycles. The molecule has 1 saturated carbocycles. The second kappa shape index (κ2) is 5.88. The summed E-state index contributed by atoms with van der Waals surface area (Å²) in [7, 11) is 0. The van der Waals surface area contributed by atoms with Crippen LogP contribution >= 0.6 is 0 Å². The van der Waals surface area contributed by atoms with Crippen LogP contribution in [0.5, 0.6) is 0 Å². The highest BCUT2D eigenvalue weighted by Gasteiger charge is 2.11. The summed E-state index contributed by atoms with van der Waals surface area (Å²) in [6, 6.07) is 2.06. The fourth-order valence-electron chi connectivity index (χ4n) is 2.47. The van der Waals surface area contributed by atoms with Gasteiger partial charge in [-0.3, -0.25) is 4.98 Å². The third-order valence-corrected chi connectivity index (χ3v) is 3.60. The maximum atomic E-state index is 4.17. The molecule has 0 aliphatic heterocycles. The van der Waals surface area contributed by atoms with E-state index in [0.29, 0.717) is 0 Å². The van der Waals surface area contributed by atoms with Gasteiger partial charge in [-0.2, -0.15) is 0 Å². The van der Waals surface area contributed by atoms with Gasteiger partial charge in [0.15, 0.2) is 0 Å². The number of aryl methyl sites for hydroxylation is 1. The zero-order chi connectivity index (χ0) is 11.2. The highest BCUT2D eigenvalue weighted by Crippen LogP contribution is 2.23. The largest absolute Gasteiger partial charge is 0.383 e. The monoisotopic (exact) mass is 218 g/mol. The third-order valence-electron chi connectivity index (χ3n) is 3.60. The van der Waals surface area contributed by atoms with Crippen molar-refractivity contribution in [1.29, 1.82) is 0 Å². The molecule has 1 aromatic heterocycles. The Labute approximate surface area is 98.5 Å². The van der Waals surface area contributed by atoms with E-state index in [2.05, 4.69) is 23.3 Å². The van der Waals surface area contributed by atoms with Gasteiger partial charge >= 0.3 is 0 Å². The van der Waals surface area contributed by atoms with E-state index in [1.54, 1.807) is 0 Å². The fourth-order valence-corrected chi connectivity index (χ4v) is 2.47. The molecule has 0 atom stereocenters. The van der Waals surface area contributed by atoms with Crippen LogP contribution in [0.25, 0.3) is 0 Å². The summed E-state index contributed by atoms with van der Waals surface area (Å²) in [4.78, 5) is 4.17. The summed E-state index contributed by atoms with van der Waals surface area (Å²) >= 11 is 0. The summed E-state index contributed by atoms with van der Waals surface area (Å²) < 4.78 is 0. The molecule has 1 aromatic rings. The maximum Gasteiger partial charge on any atom is 0.0556 e. The molecule has 2 rings (SSSR count). The number of aromatic nitrogens is 1. The molecule has 0 saturated heterocycles. The lowest BCUT2D eigenvalue weighted by atomic mass is 10.0. The Kier molecular flexibility index (Phi) is 4.20. The molecule has 0 bridgehead atoms. The van der Waals surface area contributed by atoms with Crippen LogP contribution in [0.4, 0.5) is 5.69 Å². The summed E-state index contributed by atoms with van der Waals surface area (Å²) in [6.07, 6.45) is 12.3. The van der Waals surface area contributed by atoms with Crippen molar-refractivity contribution in [2.24, 2.45) is 5.92 Å². The molecule has 0 radical (unpaired) electrons. The molecule has 1 N–H and O–H groups in total. The summed E-state index contributed by atoms with van der Waals surface area (Å²) in [5, 5.41) is 3.55. The van der Waals surface area contributed by atoms with Crippen LogP contribution in [-0.2, 0) is 0 Å². The van der Waals surface area contributed by atoms with E-state index in [-0.39, 0.29) is 0 Å². The van der Waals surface area contributed by atoms with Crippen molar-refractivity contribution in [3.63, 3.8) is 0 Å². The fraction of sp³-hybridized carbons (Fsp3) is 0.643. The zero-order valence-electron chi connectivity index (χ0n) is 10.2. The van der Waals surface area contributed by atoms with Crippen LogP contribution < -0.4 is 5.32 Å². The Bertz CT molecular complexity index is 314. The van der Waals surface area contributed by atoms with Crippen LogP contribution in [0.1, 0.15) is 44.1 Å². The summed E-state index contributed by atoms with van der Waals surface area (Å²) in [5.41, 5.74) is 2.50. The first kappa shape index (κ1) is 11.4. The topological polar surface area (TPSA) is 24.9 Å². The van der Waals surface area contributed by atoms with Crippen LogP contribution in [0.15, 0.2) is 18.5 Å². The molecule has 0 unspecified atom stereocenters. The first-order valence-corrected chi connectivity index (χ1v) is 6.51. The van der Waals surface area contributed by atoms with E-state index in [0.717, 1.165) is 12.5 Å². The Morgan fingerprint density at radius 3 is 2.69 bits per heavy atom. The molecule has 1 aliphatic rings. The van der Waals surface area contributed by atoms with Gasteiger partial charge in [0.2, 0.25) is 0 Å². The van der Waals surface area contributed by atoms with E-state index < -0.39 is 0 Å². The number of hydrogen-bond donors (Lipinski definition) is 1. The molecule has 1 fully saturated rings. The van der Waals surface area contributed by atoms with E-state index in [4.69, 9.17) is 0 Å². The molecule has 0 spiro atoms. The van der Waals surface area contributed by atoms with E-state index in [1.165, 1.54) is 49.8 Å². The minimum absolute atomic E-state index is 0.863. The lowest BCUT2D eigenvalue weighted by Crippen LogP contribution is -2.14. The predicted molar refractivity (Wildman–Crippen MR) is 68.7 cm³/mol. The molecule has 0 amide bonds. The smallest absolute Gasteiger partial charge is 0.0556 e.